The Labute approximate surface area is 77.1 Å². The summed E-state index contributed by atoms with van der Waals surface area (Å²) in [6.07, 6.45) is 4.14. The third kappa shape index (κ3) is 2.22. The Hall–Kier alpha value is -0.0400. The molecular formula is C11H23N. The van der Waals surface area contributed by atoms with Crippen molar-refractivity contribution in [1.82, 2.24) is 4.90 Å². The highest BCUT2D eigenvalue weighted by Gasteiger charge is 2.36. The van der Waals surface area contributed by atoms with Crippen molar-refractivity contribution < 1.29 is 0 Å². The molecule has 0 N–H and O–H groups in total. The van der Waals surface area contributed by atoms with Crippen molar-refractivity contribution >= 4 is 0 Å². The van der Waals surface area contributed by atoms with E-state index in [-0.39, 0.29) is 0 Å². The lowest BCUT2D eigenvalue weighted by atomic mass is 9.71. The molecule has 0 aliphatic carbocycles. The third-order valence-corrected chi connectivity index (χ3v) is 3.34. The zero-order valence-electron chi connectivity index (χ0n) is 9.06. The molecule has 1 aliphatic heterocycles. The van der Waals surface area contributed by atoms with Crippen LogP contribution in [0.2, 0.25) is 0 Å². The van der Waals surface area contributed by atoms with Crippen molar-refractivity contribution in [3.63, 3.8) is 0 Å². The van der Waals surface area contributed by atoms with Crippen molar-refractivity contribution in [1.29, 1.82) is 0 Å². The minimum Gasteiger partial charge on any atom is -0.306 e. The van der Waals surface area contributed by atoms with E-state index in [1.165, 1.54) is 32.4 Å². The molecule has 0 bridgehead atoms. The summed E-state index contributed by atoms with van der Waals surface area (Å²) in [6.45, 7) is 9.77. The summed E-state index contributed by atoms with van der Waals surface area (Å²) in [6, 6.07) is 0. The molecule has 0 unspecified atom stereocenters. The maximum absolute atomic E-state index is 2.43. The van der Waals surface area contributed by atoms with Gasteiger partial charge in [-0.3, -0.25) is 0 Å². The van der Waals surface area contributed by atoms with E-state index in [0.717, 1.165) is 5.92 Å². The molecule has 0 aromatic carbocycles. The van der Waals surface area contributed by atoms with Crippen LogP contribution in [0, 0.1) is 11.3 Å². The monoisotopic (exact) mass is 169 g/mol. The predicted octanol–water partition coefficient (Wildman–Crippen LogP) is 2.76. The summed E-state index contributed by atoms with van der Waals surface area (Å²) in [5.41, 5.74) is 0.586. The molecule has 1 nitrogen and oxygen atoms in total. The van der Waals surface area contributed by atoms with E-state index in [1.54, 1.807) is 0 Å². The predicted molar refractivity (Wildman–Crippen MR) is 54.3 cm³/mol. The summed E-state index contributed by atoms with van der Waals surface area (Å²) in [4.78, 5) is 2.42. The molecule has 0 spiro atoms. The fraction of sp³-hybridized carbons (Fsp3) is 1.00. The largest absolute Gasteiger partial charge is 0.306 e. The topological polar surface area (TPSA) is 3.24 Å². The van der Waals surface area contributed by atoms with Gasteiger partial charge < -0.3 is 4.90 Å². The van der Waals surface area contributed by atoms with Crippen LogP contribution in [0.4, 0.5) is 0 Å². The molecule has 0 radical (unpaired) electrons. The first-order valence-corrected chi connectivity index (χ1v) is 5.25. The SMILES string of the molecule is CCCCC(C)(C)C1CN(C)C1. The molecule has 1 aliphatic rings. The first-order chi connectivity index (χ1) is 5.56. The second-order valence-corrected chi connectivity index (χ2v) is 5.01. The van der Waals surface area contributed by atoms with Crippen LogP contribution in [0.15, 0.2) is 0 Å². The smallest absolute Gasteiger partial charge is 0.00241 e. The molecule has 1 rings (SSSR count). The van der Waals surface area contributed by atoms with Crippen LogP contribution in [0.25, 0.3) is 0 Å². The fourth-order valence-corrected chi connectivity index (χ4v) is 2.03. The fourth-order valence-electron chi connectivity index (χ4n) is 2.03. The molecule has 0 aromatic heterocycles. The average Bonchev–Trinajstić information content (AvgIpc) is 1.95. The Morgan fingerprint density at radius 2 is 1.92 bits per heavy atom. The lowest BCUT2D eigenvalue weighted by molar-refractivity contribution is 0.0283. The molecule has 72 valence electrons. The van der Waals surface area contributed by atoms with Crippen molar-refractivity contribution in [2.45, 2.75) is 40.0 Å². The van der Waals surface area contributed by atoms with Crippen molar-refractivity contribution in [3.05, 3.63) is 0 Å². The number of unbranched alkanes of at least 4 members (excludes halogenated alkanes) is 1. The van der Waals surface area contributed by atoms with E-state index >= 15 is 0 Å². The Kier molecular flexibility index (Phi) is 3.16. The lowest BCUT2D eigenvalue weighted by Gasteiger charge is -2.46. The van der Waals surface area contributed by atoms with Gasteiger partial charge in [0.15, 0.2) is 0 Å². The van der Waals surface area contributed by atoms with Gasteiger partial charge in [0.2, 0.25) is 0 Å². The molecule has 12 heavy (non-hydrogen) atoms. The second-order valence-electron chi connectivity index (χ2n) is 5.01. The molecule has 1 heterocycles. The first kappa shape index (κ1) is 10.0. The van der Waals surface area contributed by atoms with Crippen LogP contribution in [-0.4, -0.2) is 25.0 Å². The van der Waals surface area contributed by atoms with Gasteiger partial charge in [-0.2, -0.15) is 0 Å². The van der Waals surface area contributed by atoms with E-state index in [4.69, 9.17) is 0 Å². The minimum atomic E-state index is 0.586. The molecule has 1 fully saturated rings. The summed E-state index contributed by atoms with van der Waals surface area (Å²) in [7, 11) is 2.21. The van der Waals surface area contributed by atoms with Crippen LogP contribution < -0.4 is 0 Å². The number of likely N-dealkylation sites (tertiary alicyclic amines) is 1. The van der Waals surface area contributed by atoms with Gasteiger partial charge in [-0.15, -0.1) is 0 Å². The Morgan fingerprint density at radius 1 is 1.33 bits per heavy atom. The normalized spacial score (nSPS) is 21.0. The molecule has 0 saturated carbocycles. The lowest BCUT2D eigenvalue weighted by Crippen LogP contribution is -2.50. The zero-order valence-corrected chi connectivity index (χ0v) is 9.06. The molecule has 1 heteroatoms. The van der Waals surface area contributed by atoms with E-state index in [0.29, 0.717) is 5.41 Å². The zero-order chi connectivity index (χ0) is 9.19. The van der Waals surface area contributed by atoms with E-state index in [1.807, 2.05) is 0 Å². The molecular weight excluding hydrogens is 146 g/mol. The van der Waals surface area contributed by atoms with Crippen molar-refractivity contribution in [2.75, 3.05) is 20.1 Å². The Morgan fingerprint density at radius 3 is 2.33 bits per heavy atom. The number of rotatable bonds is 4. The van der Waals surface area contributed by atoms with Crippen LogP contribution in [0.1, 0.15) is 40.0 Å². The highest BCUT2D eigenvalue weighted by molar-refractivity contribution is 4.88. The molecule has 0 atom stereocenters. The highest BCUT2D eigenvalue weighted by Crippen LogP contribution is 2.37. The van der Waals surface area contributed by atoms with Crippen LogP contribution in [0.3, 0.4) is 0 Å². The van der Waals surface area contributed by atoms with Gasteiger partial charge in [0, 0.05) is 13.1 Å². The van der Waals surface area contributed by atoms with Crippen molar-refractivity contribution in [2.24, 2.45) is 11.3 Å². The van der Waals surface area contributed by atoms with Crippen molar-refractivity contribution in [3.8, 4) is 0 Å². The van der Waals surface area contributed by atoms with Gasteiger partial charge in [0.1, 0.15) is 0 Å². The number of nitrogens with zero attached hydrogens (tertiary/aromatic N) is 1. The van der Waals surface area contributed by atoms with E-state index < -0.39 is 0 Å². The van der Waals surface area contributed by atoms with Crippen LogP contribution in [-0.2, 0) is 0 Å². The van der Waals surface area contributed by atoms with E-state index in [2.05, 4.69) is 32.7 Å². The molecule has 1 saturated heterocycles. The molecule has 0 aromatic rings. The summed E-state index contributed by atoms with van der Waals surface area (Å²) >= 11 is 0. The van der Waals surface area contributed by atoms with Gasteiger partial charge in [-0.25, -0.2) is 0 Å². The van der Waals surface area contributed by atoms with Crippen LogP contribution in [0.5, 0.6) is 0 Å². The van der Waals surface area contributed by atoms with Gasteiger partial charge in [-0.05, 0) is 24.8 Å². The minimum absolute atomic E-state index is 0.586. The number of hydrogen-bond acceptors (Lipinski definition) is 1. The van der Waals surface area contributed by atoms with Gasteiger partial charge in [0.25, 0.3) is 0 Å². The molecule has 0 amide bonds. The maximum atomic E-state index is 2.43. The van der Waals surface area contributed by atoms with Gasteiger partial charge >= 0.3 is 0 Å². The van der Waals surface area contributed by atoms with E-state index in [9.17, 15) is 0 Å². The van der Waals surface area contributed by atoms with Crippen LogP contribution >= 0.6 is 0 Å². The average molecular weight is 169 g/mol. The summed E-state index contributed by atoms with van der Waals surface area (Å²) < 4.78 is 0. The summed E-state index contributed by atoms with van der Waals surface area (Å²) in [5.74, 6) is 0.953. The second kappa shape index (κ2) is 3.78. The maximum Gasteiger partial charge on any atom is 0.00241 e. The van der Waals surface area contributed by atoms with Gasteiger partial charge in [-0.1, -0.05) is 33.6 Å². The summed E-state index contributed by atoms with van der Waals surface area (Å²) in [5, 5.41) is 0. The van der Waals surface area contributed by atoms with Gasteiger partial charge in [0.05, 0.1) is 0 Å². The Bertz CT molecular complexity index is 134. The quantitative estimate of drug-likeness (QED) is 0.625. The number of hydrogen-bond donors (Lipinski definition) is 0. The first-order valence-electron chi connectivity index (χ1n) is 5.25. The third-order valence-electron chi connectivity index (χ3n) is 3.34. The Balaban J connectivity index is 2.27. The standard InChI is InChI=1S/C11H23N/c1-5-6-7-11(2,3)10-8-12(4)9-10/h10H,5-9H2,1-4H3. The highest BCUT2D eigenvalue weighted by atomic mass is 15.2.